The van der Waals surface area contributed by atoms with E-state index in [1.807, 2.05) is 37.3 Å². The molecule has 5 heteroatoms. The number of amides is 2. The molecule has 0 aliphatic heterocycles. The van der Waals surface area contributed by atoms with Gasteiger partial charge >= 0.3 is 12.0 Å². The number of carboxylic acids is 1. The highest BCUT2D eigenvalue weighted by molar-refractivity contribution is 5.92. The van der Waals surface area contributed by atoms with Crippen LogP contribution in [0.15, 0.2) is 30.3 Å². The number of hydrogen-bond donors (Lipinski definition) is 2. The lowest BCUT2D eigenvalue weighted by molar-refractivity contribution is -0.141. The largest absolute Gasteiger partial charge is 0.481 e. The molecule has 0 fully saturated rings. The third-order valence-electron chi connectivity index (χ3n) is 3.12. The summed E-state index contributed by atoms with van der Waals surface area (Å²) in [5.74, 6) is -1.55. The summed E-state index contributed by atoms with van der Waals surface area (Å²) in [4.78, 5) is 24.6. The molecular weight excluding hydrogens is 244 g/mol. The fourth-order valence-electron chi connectivity index (χ4n) is 1.66. The number of nitrogens with one attached hydrogen (secondary N) is 1. The molecule has 0 bridgehead atoms. The molecule has 0 aliphatic rings. The van der Waals surface area contributed by atoms with Gasteiger partial charge in [0.1, 0.15) is 0 Å². The number of aliphatic carboxylic acids is 1. The Kier molecular flexibility index (Phi) is 5.36. The van der Waals surface area contributed by atoms with Gasteiger partial charge in [-0.25, -0.2) is 4.79 Å². The molecule has 0 aliphatic carbocycles. The molecule has 0 heterocycles. The summed E-state index contributed by atoms with van der Waals surface area (Å²) in [6, 6.07) is 8.56. The molecule has 19 heavy (non-hydrogen) atoms. The van der Waals surface area contributed by atoms with Crippen molar-refractivity contribution in [3.05, 3.63) is 30.3 Å². The van der Waals surface area contributed by atoms with Crippen molar-refractivity contribution in [2.45, 2.75) is 26.8 Å². The lowest BCUT2D eigenvalue weighted by Crippen LogP contribution is -2.47. The van der Waals surface area contributed by atoms with Crippen LogP contribution in [0, 0.1) is 5.92 Å². The molecule has 1 aromatic rings. The van der Waals surface area contributed by atoms with Gasteiger partial charge in [-0.3, -0.25) is 9.69 Å². The second-order valence-electron chi connectivity index (χ2n) is 4.44. The number of urea groups is 1. The SMILES string of the molecule is CCN(C(=O)NC(C)C(C)C(=O)O)c1ccccc1. The zero-order chi connectivity index (χ0) is 14.4. The van der Waals surface area contributed by atoms with Crippen molar-refractivity contribution in [1.29, 1.82) is 0 Å². The highest BCUT2D eigenvalue weighted by Crippen LogP contribution is 2.13. The molecule has 0 saturated heterocycles. The smallest absolute Gasteiger partial charge is 0.322 e. The topological polar surface area (TPSA) is 69.6 Å². The van der Waals surface area contributed by atoms with Crippen molar-refractivity contribution in [3.63, 3.8) is 0 Å². The number of rotatable bonds is 5. The van der Waals surface area contributed by atoms with E-state index in [-0.39, 0.29) is 6.03 Å². The predicted octanol–water partition coefficient (Wildman–Crippen LogP) is 2.33. The van der Waals surface area contributed by atoms with E-state index in [0.717, 1.165) is 5.69 Å². The Balaban J connectivity index is 2.73. The van der Waals surface area contributed by atoms with Gasteiger partial charge in [-0.1, -0.05) is 18.2 Å². The minimum absolute atomic E-state index is 0.283. The van der Waals surface area contributed by atoms with E-state index >= 15 is 0 Å². The first-order valence-corrected chi connectivity index (χ1v) is 6.33. The highest BCUT2D eigenvalue weighted by atomic mass is 16.4. The lowest BCUT2D eigenvalue weighted by Gasteiger charge is -2.25. The molecule has 104 valence electrons. The summed E-state index contributed by atoms with van der Waals surface area (Å²) in [7, 11) is 0. The monoisotopic (exact) mass is 264 g/mol. The normalized spacial score (nSPS) is 13.4. The van der Waals surface area contributed by atoms with E-state index in [9.17, 15) is 9.59 Å². The van der Waals surface area contributed by atoms with Crippen molar-refractivity contribution in [2.75, 3.05) is 11.4 Å². The fraction of sp³-hybridized carbons (Fsp3) is 0.429. The number of carbonyl (C=O) groups is 2. The number of benzene rings is 1. The van der Waals surface area contributed by atoms with Gasteiger partial charge in [0.05, 0.1) is 5.92 Å². The number of nitrogens with zero attached hydrogens (tertiary/aromatic N) is 1. The maximum Gasteiger partial charge on any atom is 0.322 e. The van der Waals surface area contributed by atoms with Crippen molar-refractivity contribution in [1.82, 2.24) is 5.32 Å². The Morgan fingerprint density at radius 3 is 2.32 bits per heavy atom. The average Bonchev–Trinajstić information content (AvgIpc) is 2.39. The number of carboxylic acid groups (broad SMARTS) is 1. The van der Waals surface area contributed by atoms with E-state index in [4.69, 9.17) is 5.11 Å². The Bertz CT molecular complexity index is 434. The highest BCUT2D eigenvalue weighted by Gasteiger charge is 2.23. The summed E-state index contributed by atoms with van der Waals surface area (Å²) in [6.07, 6.45) is 0. The second kappa shape index (κ2) is 6.78. The van der Waals surface area contributed by atoms with E-state index in [0.29, 0.717) is 6.54 Å². The molecule has 2 amide bonds. The number of para-hydroxylation sites is 1. The molecule has 5 nitrogen and oxygen atoms in total. The van der Waals surface area contributed by atoms with Crippen LogP contribution in [0.5, 0.6) is 0 Å². The zero-order valence-corrected chi connectivity index (χ0v) is 11.5. The maximum absolute atomic E-state index is 12.1. The Morgan fingerprint density at radius 2 is 1.84 bits per heavy atom. The average molecular weight is 264 g/mol. The molecule has 1 aromatic carbocycles. The number of carbonyl (C=O) groups excluding carboxylic acids is 1. The van der Waals surface area contributed by atoms with Crippen LogP contribution in [-0.2, 0) is 4.79 Å². The van der Waals surface area contributed by atoms with Crippen LogP contribution in [0.1, 0.15) is 20.8 Å². The Hall–Kier alpha value is -2.04. The first-order valence-electron chi connectivity index (χ1n) is 6.33. The summed E-state index contributed by atoms with van der Waals surface area (Å²) in [5.41, 5.74) is 0.790. The van der Waals surface area contributed by atoms with Gasteiger partial charge in [0.25, 0.3) is 0 Å². The molecular formula is C14H20N2O3. The summed E-state index contributed by atoms with van der Waals surface area (Å²) < 4.78 is 0. The zero-order valence-electron chi connectivity index (χ0n) is 11.5. The Labute approximate surface area is 113 Å². The summed E-state index contributed by atoms with van der Waals surface area (Å²) in [5, 5.41) is 11.6. The predicted molar refractivity (Wildman–Crippen MR) is 74.3 cm³/mol. The van der Waals surface area contributed by atoms with Crippen LogP contribution in [0.2, 0.25) is 0 Å². The molecule has 0 aromatic heterocycles. The van der Waals surface area contributed by atoms with Gasteiger partial charge in [-0.15, -0.1) is 0 Å². The van der Waals surface area contributed by atoms with Crippen LogP contribution < -0.4 is 10.2 Å². The number of hydrogen-bond acceptors (Lipinski definition) is 2. The molecule has 0 radical (unpaired) electrons. The van der Waals surface area contributed by atoms with E-state index < -0.39 is 17.9 Å². The van der Waals surface area contributed by atoms with Crippen molar-refractivity contribution >= 4 is 17.7 Å². The Morgan fingerprint density at radius 1 is 1.26 bits per heavy atom. The fourth-order valence-corrected chi connectivity index (χ4v) is 1.66. The van der Waals surface area contributed by atoms with Crippen LogP contribution in [0.3, 0.4) is 0 Å². The quantitative estimate of drug-likeness (QED) is 0.857. The van der Waals surface area contributed by atoms with Gasteiger partial charge in [0.15, 0.2) is 0 Å². The standard InChI is InChI=1S/C14H20N2O3/c1-4-16(12-8-6-5-7-9-12)14(19)15-11(3)10(2)13(17)18/h5-11H,4H2,1-3H3,(H,15,19)(H,17,18). The van der Waals surface area contributed by atoms with Crippen LogP contribution >= 0.6 is 0 Å². The maximum atomic E-state index is 12.1. The van der Waals surface area contributed by atoms with Crippen molar-refractivity contribution in [3.8, 4) is 0 Å². The minimum atomic E-state index is -0.921. The van der Waals surface area contributed by atoms with Crippen molar-refractivity contribution < 1.29 is 14.7 Å². The van der Waals surface area contributed by atoms with Crippen LogP contribution in [0.25, 0.3) is 0 Å². The third kappa shape index (κ3) is 3.98. The third-order valence-corrected chi connectivity index (χ3v) is 3.12. The van der Waals surface area contributed by atoms with Gasteiger partial charge in [0, 0.05) is 18.3 Å². The van der Waals surface area contributed by atoms with Crippen molar-refractivity contribution in [2.24, 2.45) is 5.92 Å². The number of anilines is 1. The lowest BCUT2D eigenvalue weighted by atomic mass is 10.0. The summed E-state index contributed by atoms with van der Waals surface area (Å²) >= 11 is 0. The van der Waals surface area contributed by atoms with Gasteiger partial charge < -0.3 is 10.4 Å². The first-order chi connectivity index (χ1) is 8.97. The first kappa shape index (κ1) is 15.0. The molecule has 0 saturated carbocycles. The second-order valence-corrected chi connectivity index (χ2v) is 4.44. The molecule has 2 N–H and O–H groups in total. The van der Waals surface area contributed by atoms with E-state index in [1.54, 1.807) is 18.7 Å². The molecule has 2 atom stereocenters. The van der Waals surface area contributed by atoms with Gasteiger partial charge in [-0.05, 0) is 32.9 Å². The molecule has 1 rings (SSSR count). The van der Waals surface area contributed by atoms with E-state index in [1.165, 1.54) is 0 Å². The van der Waals surface area contributed by atoms with Gasteiger partial charge in [-0.2, -0.15) is 0 Å². The van der Waals surface area contributed by atoms with Crippen LogP contribution in [0.4, 0.5) is 10.5 Å². The summed E-state index contributed by atoms with van der Waals surface area (Å²) in [6.45, 7) is 5.66. The van der Waals surface area contributed by atoms with E-state index in [2.05, 4.69) is 5.32 Å². The van der Waals surface area contributed by atoms with Crippen LogP contribution in [-0.4, -0.2) is 29.7 Å². The minimum Gasteiger partial charge on any atom is -0.481 e. The van der Waals surface area contributed by atoms with Gasteiger partial charge in [0.2, 0.25) is 0 Å². The molecule has 2 unspecified atom stereocenters. The molecule has 0 spiro atoms.